The Morgan fingerprint density at radius 1 is 0.590 bits per heavy atom. The summed E-state index contributed by atoms with van der Waals surface area (Å²) in [5.74, 6) is 0. The van der Waals surface area contributed by atoms with Crippen LogP contribution in [-0.4, -0.2) is 33.3 Å². The molecule has 1 fully saturated rings. The zero-order chi connectivity index (χ0) is 26.8. The topological polar surface area (TPSA) is 57.1 Å². The van der Waals surface area contributed by atoms with Crippen LogP contribution in [0.15, 0.2) is 97.2 Å². The van der Waals surface area contributed by atoms with Crippen molar-refractivity contribution in [2.45, 2.75) is 38.9 Å². The van der Waals surface area contributed by atoms with E-state index in [4.69, 9.17) is 19.3 Å². The van der Waals surface area contributed by atoms with Crippen LogP contribution in [0.5, 0.6) is 0 Å². The first kappa shape index (κ1) is 24.0. The third kappa shape index (κ3) is 4.08. The highest BCUT2D eigenvalue weighted by atomic mass is 16.7. The number of rotatable bonds is 3. The highest BCUT2D eigenvalue weighted by Gasteiger charge is 2.51. The van der Waals surface area contributed by atoms with Crippen molar-refractivity contribution in [3.63, 3.8) is 0 Å². The fourth-order valence-electron chi connectivity index (χ4n) is 5.14. The van der Waals surface area contributed by atoms with Gasteiger partial charge >= 0.3 is 7.12 Å². The van der Waals surface area contributed by atoms with E-state index < -0.39 is 7.12 Å². The van der Waals surface area contributed by atoms with Gasteiger partial charge in [-0.05, 0) is 63.5 Å². The Kier molecular flexibility index (Phi) is 5.34. The number of benzene rings is 3. The summed E-state index contributed by atoms with van der Waals surface area (Å²) in [4.78, 5) is 14.7. The van der Waals surface area contributed by atoms with Crippen molar-refractivity contribution in [2.24, 2.45) is 0 Å². The number of aromatic nitrogens is 3. The summed E-state index contributed by atoms with van der Waals surface area (Å²) in [6.07, 6.45) is 1.82. The number of hydrogen-bond acceptors (Lipinski definition) is 5. The van der Waals surface area contributed by atoms with Crippen LogP contribution in [0.2, 0.25) is 0 Å². The van der Waals surface area contributed by atoms with Crippen LogP contribution >= 0.6 is 0 Å². The van der Waals surface area contributed by atoms with Crippen LogP contribution in [0.25, 0.3) is 55.2 Å². The van der Waals surface area contributed by atoms with Crippen LogP contribution in [0.1, 0.15) is 27.7 Å². The van der Waals surface area contributed by atoms with Gasteiger partial charge in [-0.1, -0.05) is 60.7 Å². The van der Waals surface area contributed by atoms with Gasteiger partial charge in [0.15, 0.2) is 0 Å². The van der Waals surface area contributed by atoms with Gasteiger partial charge in [-0.3, -0.25) is 4.98 Å². The number of fused-ring (bicyclic) bond motifs is 4. The minimum absolute atomic E-state index is 0.387. The predicted molar refractivity (Wildman–Crippen MR) is 159 cm³/mol. The van der Waals surface area contributed by atoms with Crippen LogP contribution in [0, 0.1) is 0 Å². The maximum absolute atomic E-state index is 6.27. The lowest BCUT2D eigenvalue weighted by molar-refractivity contribution is 0.00578. The van der Waals surface area contributed by atoms with Gasteiger partial charge in [-0.2, -0.15) is 0 Å². The average Bonchev–Trinajstić information content (AvgIpc) is 3.18. The first-order valence-electron chi connectivity index (χ1n) is 13.3. The Bertz CT molecular complexity index is 1880. The molecule has 39 heavy (non-hydrogen) atoms. The Morgan fingerprint density at radius 2 is 1.21 bits per heavy atom. The van der Waals surface area contributed by atoms with Gasteiger partial charge in [0.2, 0.25) is 0 Å². The maximum atomic E-state index is 6.27. The standard InChI is InChI=1S/C33H28BN3O2/c1-32(2)33(3,4)39-34(38-32)26-15-12-21-13-16-27(36-29(21)20-26)24-7-5-8-25(19-24)28-17-14-23-11-10-22-9-6-18-35-30(22)31(23)37-28/h5-20H,1-4H3. The van der Waals surface area contributed by atoms with Crippen molar-refractivity contribution in [2.75, 3.05) is 0 Å². The SMILES string of the molecule is CC1(C)OB(c2ccc3ccc(-c4cccc(-c5ccc6ccc7cccnc7c6n5)c4)nc3c2)OC1(C)C. The van der Waals surface area contributed by atoms with Gasteiger partial charge in [-0.15, -0.1) is 0 Å². The molecular weight excluding hydrogens is 481 g/mol. The molecule has 0 radical (unpaired) electrons. The fraction of sp³-hybridized carbons (Fsp3) is 0.182. The van der Waals surface area contributed by atoms with Gasteiger partial charge in [0.1, 0.15) is 0 Å². The monoisotopic (exact) mass is 509 g/mol. The van der Waals surface area contributed by atoms with Crippen molar-refractivity contribution in [3.8, 4) is 22.5 Å². The van der Waals surface area contributed by atoms with E-state index >= 15 is 0 Å². The highest BCUT2D eigenvalue weighted by molar-refractivity contribution is 6.62. The molecule has 0 spiro atoms. The average molecular weight is 509 g/mol. The summed E-state index contributed by atoms with van der Waals surface area (Å²) in [7, 11) is -0.419. The molecule has 0 saturated carbocycles. The van der Waals surface area contributed by atoms with E-state index in [-0.39, 0.29) is 11.2 Å². The van der Waals surface area contributed by atoms with Crippen LogP contribution in [0.3, 0.4) is 0 Å². The molecule has 6 aromatic rings. The molecule has 1 aliphatic heterocycles. The minimum Gasteiger partial charge on any atom is -0.399 e. The molecule has 3 aromatic carbocycles. The lowest BCUT2D eigenvalue weighted by Crippen LogP contribution is -2.41. The van der Waals surface area contributed by atoms with Crippen molar-refractivity contribution >= 4 is 45.3 Å². The Balaban J connectivity index is 1.26. The van der Waals surface area contributed by atoms with Gasteiger partial charge in [-0.25, -0.2) is 9.97 Å². The molecule has 3 aromatic heterocycles. The second-order valence-corrected chi connectivity index (χ2v) is 11.2. The molecule has 0 atom stereocenters. The molecule has 190 valence electrons. The lowest BCUT2D eigenvalue weighted by Gasteiger charge is -2.32. The molecule has 0 aliphatic carbocycles. The van der Waals surface area contributed by atoms with Gasteiger partial charge in [0, 0.05) is 33.5 Å². The van der Waals surface area contributed by atoms with Crippen molar-refractivity contribution in [3.05, 3.63) is 97.2 Å². The summed E-state index contributed by atoms with van der Waals surface area (Å²) >= 11 is 0. The number of nitrogens with zero attached hydrogens (tertiary/aromatic N) is 3. The van der Waals surface area contributed by atoms with Crippen molar-refractivity contribution < 1.29 is 9.31 Å². The smallest absolute Gasteiger partial charge is 0.399 e. The number of pyridine rings is 3. The third-order valence-electron chi connectivity index (χ3n) is 8.13. The molecule has 0 amide bonds. The summed E-state index contributed by atoms with van der Waals surface area (Å²) in [5, 5.41) is 3.24. The predicted octanol–water partition coefficient (Wildman–Crippen LogP) is 6.96. The quantitative estimate of drug-likeness (QED) is 0.191. The molecule has 0 N–H and O–H groups in total. The Hall–Kier alpha value is -4.13. The van der Waals surface area contributed by atoms with E-state index in [9.17, 15) is 0 Å². The lowest BCUT2D eigenvalue weighted by atomic mass is 9.78. The normalized spacial score (nSPS) is 16.4. The Morgan fingerprint density at radius 3 is 1.95 bits per heavy atom. The van der Waals surface area contributed by atoms with E-state index in [1.165, 1.54) is 0 Å². The van der Waals surface area contributed by atoms with Crippen LogP contribution in [-0.2, 0) is 9.31 Å². The summed E-state index contributed by atoms with van der Waals surface area (Å²) < 4.78 is 12.5. The van der Waals surface area contributed by atoms with E-state index in [2.05, 4.69) is 118 Å². The van der Waals surface area contributed by atoms with E-state index in [0.29, 0.717) is 0 Å². The van der Waals surface area contributed by atoms with Crippen LogP contribution in [0.4, 0.5) is 0 Å². The molecule has 4 heterocycles. The van der Waals surface area contributed by atoms with E-state index in [1.807, 2.05) is 12.3 Å². The molecule has 5 nitrogen and oxygen atoms in total. The molecule has 0 unspecified atom stereocenters. The maximum Gasteiger partial charge on any atom is 0.494 e. The van der Waals surface area contributed by atoms with Crippen LogP contribution < -0.4 is 5.46 Å². The molecular formula is C33H28BN3O2. The molecule has 1 saturated heterocycles. The van der Waals surface area contributed by atoms with Crippen molar-refractivity contribution in [1.82, 2.24) is 15.0 Å². The molecule has 6 heteroatoms. The second-order valence-electron chi connectivity index (χ2n) is 11.2. The highest BCUT2D eigenvalue weighted by Crippen LogP contribution is 2.37. The van der Waals surface area contributed by atoms with E-state index in [1.54, 1.807) is 0 Å². The summed E-state index contributed by atoms with van der Waals surface area (Å²) in [6.45, 7) is 8.28. The van der Waals surface area contributed by atoms with Gasteiger partial charge < -0.3 is 9.31 Å². The number of hydrogen-bond donors (Lipinski definition) is 0. The Labute approximate surface area is 228 Å². The first-order chi connectivity index (χ1) is 18.8. The molecule has 1 aliphatic rings. The van der Waals surface area contributed by atoms with Gasteiger partial charge in [0.25, 0.3) is 0 Å². The zero-order valence-corrected chi connectivity index (χ0v) is 22.5. The fourth-order valence-corrected chi connectivity index (χ4v) is 5.14. The second kappa shape index (κ2) is 8.70. The molecule has 7 rings (SSSR count). The van der Waals surface area contributed by atoms with Crippen molar-refractivity contribution in [1.29, 1.82) is 0 Å². The first-order valence-corrected chi connectivity index (χ1v) is 13.3. The molecule has 0 bridgehead atoms. The van der Waals surface area contributed by atoms with Gasteiger partial charge in [0.05, 0.1) is 39.1 Å². The summed E-state index contributed by atoms with van der Waals surface area (Å²) in [6, 6.07) is 31.2. The third-order valence-corrected chi connectivity index (χ3v) is 8.13. The summed E-state index contributed by atoms with van der Waals surface area (Å²) in [5.41, 5.74) is 6.82. The van der Waals surface area contributed by atoms with E-state index in [0.717, 1.165) is 60.7 Å². The minimum atomic E-state index is -0.419. The largest absolute Gasteiger partial charge is 0.494 e. The zero-order valence-electron chi connectivity index (χ0n) is 22.5.